The Kier molecular flexibility index (Phi) is 5.45. The molecule has 2 N–H and O–H groups in total. The van der Waals surface area contributed by atoms with Crippen LogP contribution < -0.4 is 10.6 Å². The number of piperidine rings is 2. The molecule has 2 aliphatic rings. The Morgan fingerprint density at radius 2 is 2.11 bits per heavy atom. The van der Waals surface area contributed by atoms with Gasteiger partial charge in [-0.25, -0.2) is 0 Å². The lowest BCUT2D eigenvalue weighted by molar-refractivity contribution is -0.126. The Morgan fingerprint density at radius 1 is 1.33 bits per heavy atom. The third-order valence-corrected chi connectivity index (χ3v) is 4.17. The van der Waals surface area contributed by atoms with Crippen molar-refractivity contribution in [2.75, 3.05) is 32.7 Å². The zero-order valence-corrected chi connectivity index (χ0v) is 11.6. The minimum absolute atomic E-state index is 0.225. The SMILES string of the molecule is CC1CC(C(=O)NCCN2CCCCC2)CCN1. The lowest BCUT2D eigenvalue weighted by atomic mass is 9.92. The monoisotopic (exact) mass is 253 g/mol. The first-order chi connectivity index (χ1) is 8.75. The first kappa shape index (κ1) is 13.8. The molecule has 0 aromatic heterocycles. The Hall–Kier alpha value is -0.610. The van der Waals surface area contributed by atoms with E-state index in [2.05, 4.69) is 22.5 Å². The van der Waals surface area contributed by atoms with Crippen molar-refractivity contribution >= 4 is 5.91 Å². The lowest BCUT2D eigenvalue weighted by Crippen LogP contribution is -2.44. The summed E-state index contributed by atoms with van der Waals surface area (Å²) in [4.78, 5) is 14.5. The first-order valence-corrected chi connectivity index (χ1v) is 7.49. The zero-order chi connectivity index (χ0) is 12.8. The van der Waals surface area contributed by atoms with E-state index in [0.717, 1.165) is 32.5 Å². The molecule has 18 heavy (non-hydrogen) atoms. The molecule has 2 rings (SSSR count). The third kappa shape index (κ3) is 4.25. The van der Waals surface area contributed by atoms with Crippen LogP contribution in [0.5, 0.6) is 0 Å². The Morgan fingerprint density at radius 3 is 2.83 bits per heavy atom. The molecule has 104 valence electrons. The minimum atomic E-state index is 0.225. The maximum Gasteiger partial charge on any atom is 0.223 e. The van der Waals surface area contributed by atoms with Crippen molar-refractivity contribution in [2.24, 2.45) is 5.92 Å². The standard InChI is InChI=1S/C14H27N3O/c1-12-11-13(5-6-15-12)14(18)16-7-10-17-8-3-2-4-9-17/h12-13,15H,2-11H2,1H3,(H,16,18). The van der Waals surface area contributed by atoms with Gasteiger partial charge in [-0.15, -0.1) is 0 Å². The zero-order valence-electron chi connectivity index (χ0n) is 11.6. The van der Waals surface area contributed by atoms with Crippen LogP contribution in [0.4, 0.5) is 0 Å². The van der Waals surface area contributed by atoms with Gasteiger partial charge in [0.1, 0.15) is 0 Å². The molecule has 2 atom stereocenters. The van der Waals surface area contributed by atoms with Crippen LogP contribution in [0.3, 0.4) is 0 Å². The number of amides is 1. The van der Waals surface area contributed by atoms with Gasteiger partial charge in [0.05, 0.1) is 0 Å². The van der Waals surface area contributed by atoms with Crippen LogP contribution in [0.2, 0.25) is 0 Å². The van der Waals surface area contributed by atoms with Gasteiger partial charge < -0.3 is 15.5 Å². The lowest BCUT2D eigenvalue weighted by Gasteiger charge is -2.28. The van der Waals surface area contributed by atoms with Crippen LogP contribution in [0.15, 0.2) is 0 Å². The van der Waals surface area contributed by atoms with E-state index in [1.807, 2.05) is 0 Å². The van der Waals surface area contributed by atoms with Crippen LogP contribution in [-0.4, -0.2) is 49.6 Å². The summed E-state index contributed by atoms with van der Waals surface area (Å²) in [6, 6.07) is 0.483. The highest BCUT2D eigenvalue weighted by atomic mass is 16.1. The summed E-state index contributed by atoms with van der Waals surface area (Å²) < 4.78 is 0. The van der Waals surface area contributed by atoms with Crippen molar-refractivity contribution < 1.29 is 4.79 Å². The van der Waals surface area contributed by atoms with E-state index >= 15 is 0 Å². The Labute approximate surface area is 110 Å². The van der Waals surface area contributed by atoms with Crippen LogP contribution in [0, 0.1) is 5.92 Å². The maximum absolute atomic E-state index is 12.0. The van der Waals surface area contributed by atoms with Crippen molar-refractivity contribution in [1.82, 2.24) is 15.5 Å². The smallest absolute Gasteiger partial charge is 0.223 e. The van der Waals surface area contributed by atoms with Crippen LogP contribution in [0.25, 0.3) is 0 Å². The molecule has 4 heteroatoms. The number of carbonyl (C=O) groups is 1. The first-order valence-electron chi connectivity index (χ1n) is 7.49. The summed E-state index contributed by atoms with van der Waals surface area (Å²) in [5, 5.41) is 6.50. The van der Waals surface area contributed by atoms with E-state index in [1.165, 1.54) is 32.4 Å². The van der Waals surface area contributed by atoms with E-state index in [4.69, 9.17) is 0 Å². The average molecular weight is 253 g/mol. The molecule has 0 spiro atoms. The van der Waals surface area contributed by atoms with Crippen molar-refractivity contribution in [2.45, 2.75) is 45.1 Å². The number of nitrogens with zero attached hydrogens (tertiary/aromatic N) is 1. The highest BCUT2D eigenvalue weighted by molar-refractivity contribution is 5.78. The predicted molar refractivity (Wildman–Crippen MR) is 73.5 cm³/mol. The minimum Gasteiger partial charge on any atom is -0.355 e. The Bertz CT molecular complexity index is 264. The van der Waals surface area contributed by atoms with Gasteiger partial charge in [-0.1, -0.05) is 6.42 Å². The second-order valence-electron chi connectivity index (χ2n) is 5.77. The summed E-state index contributed by atoms with van der Waals surface area (Å²) in [7, 11) is 0. The van der Waals surface area contributed by atoms with E-state index in [-0.39, 0.29) is 11.8 Å². The van der Waals surface area contributed by atoms with Gasteiger partial charge in [-0.2, -0.15) is 0 Å². The molecule has 2 saturated heterocycles. The fourth-order valence-electron chi connectivity index (χ4n) is 3.03. The van der Waals surface area contributed by atoms with Crippen LogP contribution in [0.1, 0.15) is 39.0 Å². The fraction of sp³-hybridized carbons (Fsp3) is 0.929. The largest absolute Gasteiger partial charge is 0.355 e. The van der Waals surface area contributed by atoms with Gasteiger partial charge in [-0.3, -0.25) is 4.79 Å². The second kappa shape index (κ2) is 7.10. The molecular formula is C14H27N3O. The van der Waals surface area contributed by atoms with Gasteiger partial charge in [0.25, 0.3) is 0 Å². The van der Waals surface area contributed by atoms with E-state index < -0.39 is 0 Å². The van der Waals surface area contributed by atoms with Gasteiger partial charge in [-0.05, 0) is 52.2 Å². The molecule has 2 heterocycles. The molecule has 0 saturated carbocycles. The molecule has 0 bridgehead atoms. The average Bonchev–Trinajstić information content (AvgIpc) is 2.40. The molecule has 0 aliphatic carbocycles. The summed E-state index contributed by atoms with van der Waals surface area (Å²) in [6.45, 7) is 7.39. The molecule has 2 fully saturated rings. The number of carbonyl (C=O) groups excluding carboxylic acids is 1. The van der Waals surface area contributed by atoms with Gasteiger partial charge in [0, 0.05) is 25.0 Å². The van der Waals surface area contributed by atoms with Crippen molar-refractivity contribution in [1.29, 1.82) is 0 Å². The summed E-state index contributed by atoms with van der Waals surface area (Å²) in [5.74, 6) is 0.489. The summed E-state index contributed by atoms with van der Waals surface area (Å²) in [6.07, 6.45) is 5.98. The fourth-order valence-corrected chi connectivity index (χ4v) is 3.03. The van der Waals surface area contributed by atoms with Crippen LogP contribution in [-0.2, 0) is 4.79 Å². The molecule has 0 aromatic carbocycles. The number of rotatable bonds is 4. The summed E-state index contributed by atoms with van der Waals surface area (Å²) in [5.41, 5.74) is 0. The second-order valence-corrected chi connectivity index (χ2v) is 5.77. The van der Waals surface area contributed by atoms with E-state index in [9.17, 15) is 4.79 Å². The van der Waals surface area contributed by atoms with Crippen molar-refractivity contribution in [3.05, 3.63) is 0 Å². The van der Waals surface area contributed by atoms with E-state index in [0.29, 0.717) is 6.04 Å². The number of hydrogen-bond donors (Lipinski definition) is 2. The number of likely N-dealkylation sites (tertiary alicyclic amines) is 1. The molecule has 2 unspecified atom stereocenters. The number of nitrogens with one attached hydrogen (secondary N) is 2. The number of hydrogen-bond acceptors (Lipinski definition) is 3. The molecule has 0 aromatic rings. The van der Waals surface area contributed by atoms with Crippen molar-refractivity contribution in [3.8, 4) is 0 Å². The maximum atomic E-state index is 12.0. The summed E-state index contributed by atoms with van der Waals surface area (Å²) >= 11 is 0. The molecule has 2 aliphatic heterocycles. The highest BCUT2D eigenvalue weighted by Crippen LogP contribution is 2.15. The van der Waals surface area contributed by atoms with Gasteiger partial charge in [0.15, 0.2) is 0 Å². The van der Waals surface area contributed by atoms with Crippen molar-refractivity contribution in [3.63, 3.8) is 0 Å². The molecular weight excluding hydrogens is 226 g/mol. The topological polar surface area (TPSA) is 44.4 Å². The predicted octanol–water partition coefficient (Wildman–Crippen LogP) is 0.977. The van der Waals surface area contributed by atoms with Gasteiger partial charge in [0.2, 0.25) is 5.91 Å². The highest BCUT2D eigenvalue weighted by Gasteiger charge is 2.24. The normalized spacial score (nSPS) is 30.1. The van der Waals surface area contributed by atoms with Gasteiger partial charge >= 0.3 is 0 Å². The molecule has 1 amide bonds. The third-order valence-electron chi connectivity index (χ3n) is 4.17. The van der Waals surface area contributed by atoms with E-state index in [1.54, 1.807) is 0 Å². The quantitative estimate of drug-likeness (QED) is 0.785. The molecule has 0 radical (unpaired) electrons. The molecule has 4 nitrogen and oxygen atoms in total. The Balaban J connectivity index is 1.61. The van der Waals surface area contributed by atoms with Crippen LogP contribution >= 0.6 is 0 Å².